The number of aromatic nitrogens is 2. The summed E-state index contributed by atoms with van der Waals surface area (Å²) in [6.45, 7) is 2.60. The summed E-state index contributed by atoms with van der Waals surface area (Å²) in [6.07, 6.45) is -1.61. The number of amides is 1. The van der Waals surface area contributed by atoms with Crippen LogP contribution < -0.4 is 5.32 Å². The zero-order valence-corrected chi connectivity index (χ0v) is 16.5. The highest BCUT2D eigenvalue weighted by atomic mass is 16.5. The highest BCUT2D eigenvalue weighted by Gasteiger charge is 2.45. The molecule has 1 amide bonds. The van der Waals surface area contributed by atoms with Crippen LogP contribution in [0.25, 0.3) is 10.9 Å². The smallest absolute Gasteiger partial charge is 0.370 e. The molecule has 0 saturated heterocycles. The van der Waals surface area contributed by atoms with E-state index in [1.54, 1.807) is 26.1 Å². The van der Waals surface area contributed by atoms with Crippen LogP contribution in [0, 0.1) is 5.92 Å². The molecule has 0 saturated carbocycles. The summed E-state index contributed by atoms with van der Waals surface area (Å²) in [4.78, 5) is 24.1. The summed E-state index contributed by atoms with van der Waals surface area (Å²) < 4.78 is 6.93. The molecule has 30 heavy (non-hydrogen) atoms. The number of ether oxygens (including phenoxy) is 1. The Balaban J connectivity index is 2.10. The molecule has 1 aromatic heterocycles. The maximum Gasteiger partial charge on any atom is 0.370 e. The summed E-state index contributed by atoms with van der Waals surface area (Å²) in [5.74, 6) is -2.58. The predicted molar refractivity (Wildman–Crippen MR) is 105 cm³/mol. The maximum atomic E-state index is 12.5. The van der Waals surface area contributed by atoms with Gasteiger partial charge in [-0.15, -0.1) is 0 Å². The third kappa shape index (κ3) is 4.30. The van der Waals surface area contributed by atoms with E-state index in [0.29, 0.717) is 5.52 Å². The van der Waals surface area contributed by atoms with Crippen molar-refractivity contribution in [1.82, 2.24) is 15.1 Å². The molecule has 5 N–H and O–H groups in total. The van der Waals surface area contributed by atoms with Crippen molar-refractivity contribution in [2.75, 3.05) is 6.61 Å². The average Bonchev–Trinajstić information content (AvgIpc) is 3.16. The highest BCUT2D eigenvalue weighted by Crippen LogP contribution is 2.31. The van der Waals surface area contributed by atoms with Gasteiger partial charge in [0.2, 0.25) is 11.7 Å². The molecule has 1 aliphatic heterocycles. The molecule has 1 aromatic carbocycles. The fraction of sp³-hybridized carbons (Fsp3) is 0.450. The van der Waals surface area contributed by atoms with Crippen molar-refractivity contribution in [2.45, 2.75) is 44.2 Å². The summed E-state index contributed by atoms with van der Waals surface area (Å²) in [7, 11) is 0. The number of fused-ring (bicyclic) bond motifs is 1. The normalized spacial score (nSPS) is 23.5. The maximum absolute atomic E-state index is 12.5. The summed E-state index contributed by atoms with van der Waals surface area (Å²) in [5, 5.41) is 47.3. The van der Waals surface area contributed by atoms with Gasteiger partial charge in [0.05, 0.1) is 24.2 Å². The van der Waals surface area contributed by atoms with E-state index in [4.69, 9.17) is 4.74 Å². The minimum absolute atomic E-state index is 0.354. The molecule has 0 spiro atoms. The molecule has 3 rings (SSSR count). The molecule has 0 radical (unpaired) electrons. The Labute approximate surface area is 172 Å². The van der Waals surface area contributed by atoms with E-state index in [1.165, 1.54) is 10.8 Å². The zero-order valence-electron chi connectivity index (χ0n) is 16.5. The van der Waals surface area contributed by atoms with Crippen molar-refractivity contribution in [3.05, 3.63) is 42.3 Å². The molecule has 5 atom stereocenters. The summed E-state index contributed by atoms with van der Waals surface area (Å²) >= 11 is 0. The second-order valence-electron chi connectivity index (χ2n) is 7.51. The molecule has 162 valence electrons. The SMILES string of the molecule is CC(C)C(=O)N[C@H]1[C@H]([C@H](O)[C@H](O)CO)OC(C(=O)O)=C[C@@H]1n1cc2ccccc2n1. The third-order valence-electron chi connectivity index (χ3n) is 5.01. The average molecular weight is 419 g/mol. The van der Waals surface area contributed by atoms with Crippen LogP contribution in [0.4, 0.5) is 0 Å². The van der Waals surface area contributed by atoms with Crippen molar-refractivity contribution >= 4 is 22.8 Å². The van der Waals surface area contributed by atoms with Crippen LogP contribution in [-0.2, 0) is 14.3 Å². The Morgan fingerprint density at radius 3 is 2.57 bits per heavy atom. The van der Waals surface area contributed by atoms with E-state index in [9.17, 15) is 30.0 Å². The van der Waals surface area contributed by atoms with Crippen molar-refractivity contribution in [2.24, 2.45) is 5.92 Å². The van der Waals surface area contributed by atoms with E-state index in [0.717, 1.165) is 5.39 Å². The van der Waals surface area contributed by atoms with Crippen LogP contribution in [-0.4, -0.2) is 73.0 Å². The number of aliphatic hydroxyl groups is 3. The van der Waals surface area contributed by atoms with Crippen LogP contribution in [0.15, 0.2) is 42.3 Å². The van der Waals surface area contributed by atoms with Gasteiger partial charge in [-0.25, -0.2) is 4.79 Å². The first-order chi connectivity index (χ1) is 14.2. The lowest BCUT2D eigenvalue weighted by Gasteiger charge is -2.40. The Kier molecular flexibility index (Phi) is 6.40. The van der Waals surface area contributed by atoms with Crippen molar-refractivity contribution in [1.29, 1.82) is 0 Å². The second-order valence-corrected chi connectivity index (χ2v) is 7.51. The Bertz CT molecular complexity index is 922. The number of nitrogens with one attached hydrogen (secondary N) is 1. The first-order valence-electron chi connectivity index (χ1n) is 9.56. The minimum atomic E-state index is -1.66. The standard InChI is InChI=1S/C20H25N3O7/c1-10(2)19(27)21-16-13(23-8-11-5-3-4-6-12(11)22-23)7-15(20(28)29)30-18(16)17(26)14(25)9-24/h3-8,10,13-14,16-18,24-26H,9H2,1-2H3,(H,21,27)(H,28,29)/t13-,14+,16+,17+,18+/m0/s1. The number of aliphatic hydroxyl groups excluding tert-OH is 3. The van der Waals surface area contributed by atoms with Gasteiger partial charge in [-0.2, -0.15) is 5.10 Å². The van der Waals surface area contributed by atoms with Gasteiger partial charge in [0, 0.05) is 17.5 Å². The number of rotatable bonds is 7. The molecule has 10 heteroatoms. The number of carbonyl (C=O) groups is 2. The lowest BCUT2D eigenvalue weighted by Crippen LogP contribution is -2.59. The Hall–Kier alpha value is -2.95. The molecular weight excluding hydrogens is 394 g/mol. The first-order valence-corrected chi connectivity index (χ1v) is 9.56. The Morgan fingerprint density at radius 1 is 1.27 bits per heavy atom. The molecule has 0 aliphatic carbocycles. The molecule has 0 fully saturated rings. The van der Waals surface area contributed by atoms with Crippen LogP contribution >= 0.6 is 0 Å². The van der Waals surface area contributed by atoms with Gasteiger partial charge in [-0.1, -0.05) is 32.0 Å². The van der Waals surface area contributed by atoms with Gasteiger partial charge < -0.3 is 30.5 Å². The molecule has 1 aliphatic rings. The van der Waals surface area contributed by atoms with Gasteiger partial charge in [0.1, 0.15) is 18.3 Å². The number of benzene rings is 1. The minimum Gasteiger partial charge on any atom is -0.478 e. The van der Waals surface area contributed by atoms with Gasteiger partial charge >= 0.3 is 5.97 Å². The number of hydrogen-bond donors (Lipinski definition) is 5. The van der Waals surface area contributed by atoms with Crippen LogP contribution in [0.1, 0.15) is 19.9 Å². The number of nitrogens with zero attached hydrogens (tertiary/aromatic N) is 2. The zero-order chi connectivity index (χ0) is 22.0. The number of carboxylic acids is 1. The summed E-state index contributed by atoms with van der Waals surface area (Å²) in [5.41, 5.74) is 0.663. The van der Waals surface area contributed by atoms with Crippen LogP contribution in [0.3, 0.4) is 0 Å². The predicted octanol–water partition coefficient (Wildman–Crippen LogP) is -0.200. The largest absolute Gasteiger partial charge is 0.478 e. The van der Waals surface area contributed by atoms with Crippen LogP contribution in [0.2, 0.25) is 0 Å². The number of hydrogen-bond acceptors (Lipinski definition) is 7. The van der Waals surface area contributed by atoms with E-state index in [-0.39, 0.29) is 5.91 Å². The fourth-order valence-corrected chi connectivity index (χ4v) is 3.32. The monoisotopic (exact) mass is 419 g/mol. The van der Waals surface area contributed by atoms with Crippen molar-refractivity contribution in [3.63, 3.8) is 0 Å². The number of carbonyl (C=O) groups excluding carboxylic acids is 1. The lowest BCUT2D eigenvalue weighted by atomic mass is 9.91. The molecule has 2 aromatic rings. The van der Waals surface area contributed by atoms with Gasteiger partial charge in [-0.3, -0.25) is 9.48 Å². The van der Waals surface area contributed by atoms with Crippen LogP contribution in [0.5, 0.6) is 0 Å². The highest BCUT2D eigenvalue weighted by molar-refractivity contribution is 5.85. The van der Waals surface area contributed by atoms with E-state index in [1.807, 2.05) is 18.2 Å². The van der Waals surface area contributed by atoms with Gasteiger partial charge in [0.25, 0.3) is 0 Å². The molecular formula is C20H25N3O7. The molecule has 2 heterocycles. The topological polar surface area (TPSA) is 154 Å². The van der Waals surface area contributed by atoms with E-state index >= 15 is 0 Å². The fourth-order valence-electron chi connectivity index (χ4n) is 3.32. The third-order valence-corrected chi connectivity index (χ3v) is 5.01. The lowest BCUT2D eigenvalue weighted by molar-refractivity contribution is -0.147. The molecule has 10 nitrogen and oxygen atoms in total. The van der Waals surface area contributed by atoms with E-state index < -0.39 is 54.6 Å². The second kappa shape index (κ2) is 8.82. The van der Waals surface area contributed by atoms with Crippen molar-refractivity contribution < 1.29 is 34.8 Å². The number of aliphatic carboxylic acids is 1. The van der Waals surface area contributed by atoms with Crippen molar-refractivity contribution in [3.8, 4) is 0 Å². The molecule has 0 unspecified atom stereocenters. The Morgan fingerprint density at radius 2 is 1.97 bits per heavy atom. The number of carboxylic acid groups (broad SMARTS) is 1. The van der Waals surface area contributed by atoms with Gasteiger partial charge in [-0.05, 0) is 12.1 Å². The van der Waals surface area contributed by atoms with E-state index in [2.05, 4.69) is 10.4 Å². The molecule has 0 bridgehead atoms. The quantitative estimate of drug-likeness (QED) is 0.413. The first kappa shape index (κ1) is 21.8. The van der Waals surface area contributed by atoms with Gasteiger partial charge in [0.15, 0.2) is 0 Å². The summed E-state index contributed by atoms with van der Waals surface area (Å²) in [6, 6.07) is 5.47.